The molecule has 1 amide bonds. The molecule has 132 valence electrons. The summed E-state index contributed by atoms with van der Waals surface area (Å²) in [5.74, 6) is 0.447. The van der Waals surface area contributed by atoms with Crippen LogP contribution < -0.4 is 11.1 Å². The fraction of sp³-hybridized carbons (Fsp3) is 0.400. The van der Waals surface area contributed by atoms with E-state index in [2.05, 4.69) is 10.3 Å². The number of anilines is 1. The Bertz CT molecular complexity index is 694. The van der Waals surface area contributed by atoms with Crippen LogP contribution >= 0.6 is 0 Å². The zero-order valence-corrected chi connectivity index (χ0v) is 14.4. The second-order valence-electron chi connectivity index (χ2n) is 6.44. The Morgan fingerprint density at radius 2 is 2.16 bits per heavy atom. The molecule has 1 aliphatic rings. The number of nitrogens with zero attached hydrogens (tertiary/aromatic N) is 1. The molecular formula is C20H25N3O2. The van der Waals surface area contributed by atoms with Crippen LogP contribution in [0.1, 0.15) is 42.5 Å². The molecule has 1 aliphatic heterocycles. The number of aromatic nitrogens is 1. The maximum atomic E-state index is 12.3. The highest BCUT2D eigenvalue weighted by Crippen LogP contribution is 2.20. The molecular weight excluding hydrogens is 314 g/mol. The van der Waals surface area contributed by atoms with Gasteiger partial charge >= 0.3 is 0 Å². The number of amides is 1. The van der Waals surface area contributed by atoms with Crippen molar-refractivity contribution in [2.75, 3.05) is 18.9 Å². The highest BCUT2D eigenvalue weighted by atomic mass is 16.5. The van der Waals surface area contributed by atoms with E-state index in [-0.39, 0.29) is 5.91 Å². The van der Waals surface area contributed by atoms with Crippen molar-refractivity contribution in [1.29, 1.82) is 0 Å². The van der Waals surface area contributed by atoms with E-state index in [1.807, 2.05) is 30.3 Å². The van der Waals surface area contributed by atoms with Crippen LogP contribution in [-0.4, -0.2) is 30.1 Å². The minimum atomic E-state index is -0.0395. The molecule has 1 aromatic carbocycles. The minimum Gasteiger partial charge on any atom is -0.384 e. The number of hydrogen-bond acceptors (Lipinski definition) is 4. The lowest BCUT2D eigenvalue weighted by atomic mass is 10.0. The van der Waals surface area contributed by atoms with Crippen molar-refractivity contribution in [3.05, 3.63) is 48.2 Å². The number of nitrogens with one attached hydrogen (secondary N) is 1. The minimum absolute atomic E-state index is 0.0395. The van der Waals surface area contributed by atoms with Gasteiger partial charge in [-0.25, -0.2) is 4.98 Å². The molecule has 0 unspecified atom stereocenters. The van der Waals surface area contributed by atoms with E-state index in [0.717, 1.165) is 37.0 Å². The predicted octanol–water partition coefficient (Wildman–Crippen LogP) is 3.41. The van der Waals surface area contributed by atoms with E-state index in [4.69, 9.17) is 10.5 Å². The van der Waals surface area contributed by atoms with Gasteiger partial charge in [0.25, 0.3) is 5.91 Å². The van der Waals surface area contributed by atoms with E-state index in [1.54, 1.807) is 12.3 Å². The van der Waals surface area contributed by atoms with Crippen LogP contribution in [0.15, 0.2) is 42.6 Å². The number of ether oxygens (including phenoxy) is 1. The van der Waals surface area contributed by atoms with Crippen molar-refractivity contribution in [2.45, 2.75) is 38.2 Å². The zero-order chi connectivity index (χ0) is 17.5. The predicted molar refractivity (Wildman–Crippen MR) is 99.2 cm³/mol. The average molecular weight is 339 g/mol. The molecule has 1 aromatic heterocycles. The van der Waals surface area contributed by atoms with Gasteiger partial charge in [-0.1, -0.05) is 12.1 Å². The van der Waals surface area contributed by atoms with Gasteiger partial charge < -0.3 is 15.8 Å². The van der Waals surface area contributed by atoms with Crippen molar-refractivity contribution >= 4 is 11.7 Å². The van der Waals surface area contributed by atoms with Gasteiger partial charge in [-0.3, -0.25) is 4.79 Å². The highest BCUT2D eigenvalue weighted by Gasteiger charge is 2.14. The lowest BCUT2D eigenvalue weighted by molar-refractivity contribution is 0.0947. The summed E-state index contributed by atoms with van der Waals surface area (Å²) in [6.45, 7) is 1.60. The molecule has 2 heterocycles. The van der Waals surface area contributed by atoms with Crippen molar-refractivity contribution in [3.63, 3.8) is 0 Å². The lowest BCUT2D eigenvalue weighted by Gasteiger charge is -2.10. The van der Waals surface area contributed by atoms with Crippen LogP contribution in [0.4, 0.5) is 5.82 Å². The number of hydrogen-bond donors (Lipinski definition) is 2. The molecule has 3 rings (SSSR count). The van der Waals surface area contributed by atoms with Crippen molar-refractivity contribution < 1.29 is 9.53 Å². The first kappa shape index (κ1) is 17.4. The lowest BCUT2D eigenvalue weighted by Crippen LogP contribution is -2.24. The molecule has 0 bridgehead atoms. The maximum absolute atomic E-state index is 12.3. The standard InChI is InChI=1S/C20H25N3O2/c21-19-10-9-17(14-23-19)15-5-3-6-16(13-15)20(24)22-11-2-1-7-18-8-4-12-25-18/h3,5-6,9-10,13-14,18H,1-2,4,7-8,11-12H2,(H2,21,23)(H,22,24)/t18-/m1/s1. The number of pyridine rings is 1. The number of rotatable bonds is 7. The topological polar surface area (TPSA) is 77.2 Å². The SMILES string of the molecule is Nc1ccc(-c2cccc(C(=O)NCCCC[C@@H]3CCCO3)c2)cn1. The molecule has 1 saturated heterocycles. The highest BCUT2D eigenvalue weighted by molar-refractivity contribution is 5.95. The van der Waals surface area contributed by atoms with Crippen LogP contribution in [0.5, 0.6) is 0 Å². The first-order valence-corrected chi connectivity index (χ1v) is 8.94. The molecule has 0 aliphatic carbocycles. The van der Waals surface area contributed by atoms with Gasteiger partial charge in [0.2, 0.25) is 0 Å². The summed E-state index contributed by atoms with van der Waals surface area (Å²) >= 11 is 0. The van der Waals surface area contributed by atoms with Crippen LogP contribution in [0.3, 0.4) is 0 Å². The third-order valence-electron chi connectivity index (χ3n) is 4.51. The molecule has 2 aromatic rings. The Morgan fingerprint density at radius 1 is 1.24 bits per heavy atom. The van der Waals surface area contributed by atoms with Crippen LogP contribution in [0.2, 0.25) is 0 Å². The summed E-state index contributed by atoms with van der Waals surface area (Å²) in [4.78, 5) is 16.4. The van der Waals surface area contributed by atoms with Gasteiger partial charge in [0.05, 0.1) is 6.10 Å². The molecule has 0 saturated carbocycles. The second kappa shape index (κ2) is 8.62. The number of carbonyl (C=O) groups excluding carboxylic acids is 1. The fourth-order valence-corrected chi connectivity index (χ4v) is 3.09. The Hall–Kier alpha value is -2.40. The number of unbranched alkanes of at least 4 members (excludes halogenated alkanes) is 1. The van der Waals surface area contributed by atoms with Crippen LogP contribution in [0, 0.1) is 0 Å². The Morgan fingerprint density at radius 3 is 2.92 bits per heavy atom. The van der Waals surface area contributed by atoms with E-state index in [0.29, 0.717) is 24.0 Å². The van der Waals surface area contributed by atoms with E-state index < -0.39 is 0 Å². The largest absolute Gasteiger partial charge is 0.384 e. The molecule has 25 heavy (non-hydrogen) atoms. The average Bonchev–Trinajstić information content (AvgIpc) is 3.15. The zero-order valence-electron chi connectivity index (χ0n) is 14.4. The molecule has 0 radical (unpaired) electrons. The summed E-state index contributed by atoms with van der Waals surface area (Å²) < 4.78 is 5.61. The molecule has 5 nitrogen and oxygen atoms in total. The first-order chi connectivity index (χ1) is 12.2. The molecule has 3 N–H and O–H groups in total. The molecule has 0 spiro atoms. The van der Waals surface area contributed by atoms with Crippen molar-refractivity contribution in [2.24, 2.45) is 0 Å². The summed E-state index contributed by atoms with van der Waals surface area (Å²) in [6, 6.07) is 11.2. The van der Waals surface area contributed by atoms with Gasteiger partial charge in [-0.2, -0.15) is 0 Å². The van der Waals surface area contributed by atoms with Gasteiger partial charge in [-0.05, 0) is 61.9 Å². The number of carbonyl (C=O) groups is 1. The Balaban J connectivity index is 1.48. The summed E-state index contributed by atoms with van der Waals surface area (Å²) in [5.41, 5.74) is 8.18. The normalized spacial score (nSPS) is 16.7. The molecule has 5 heteroatoms. The smallest absolute Gasteiger partial charge is 0.251 e. The molecule has 1 fully saturated rings. The third kappa shape index (κ3) is 5.03. The summed E-state index contributed by atoms with van der Waals surface area (Å²) in [7, 11) is 0. The third-order valence-corrected chi connectivity index (χ3v) is 4.51. The van der Waals surface area contributed by atoms with Gasteiger partial charge in [0.1, 0.15) is 5.82 Å². The summed E-state index contributed by atoms with van der Waals surface area (Å²) in [5, 5.41) is 3.00. The summed E-state index contributed by atoms with van der Waals surface area (Å²) in [6.07, 6.45) is 7.67. The first-order valence-electron chi connectivity index (χ1n) is 8.94. The van der Waals surface area contributed by atoms with E-state index in [1.165, 1.54) is 12.8 Å². The maximum Gasteiger partial charge on any atom is 0.251 e. The molecule has 1 atom stereocenters. The van der Waals surface area contributed by atoms with Gasteiger partial charge in [-0.15, -0.1) is 0 Å². The number of nitrogen functional groups attached to an aromatic ring is 1. The Labute approximate surface area is 148 Å². The monoisotopic (exact) mass is 339 g/mol. The number of benzene rings is 1. The second-order valence-corrected chi connectivity index (χ2v) is 6.44. The quantitative estimate of drug-likeness (QED) is 0.758. The van der Waals surface area contributed by atoms with E-state index >= 15 is 0 Å². The van der Waals surface area contributed by atoms with Gasteiger partial charge in [0, 0.05) is 30.5 Å². The van der Waals surface area contributed by atoms with Crippen molar-refractivity contribution in [1.82, 2.24) is 10.3 Å². The Kier molecular flexibility index (Phi) is 6.01. The van der Waals surface area contributed by atoms with Crippen LogP contribution in [0.25, 0.3) is 11.1 Å². The fourth-order valence-electron chi connectivity index (χ4n) is 3.09. The number of nitrogens with two attached hydrogens (primary N) is 1. The van der Waals surface area contributed by atoms with Crippen molar-refractivity contribution in [3.8, 4) is 11.1 Å². The van der Waals surface area contributed by atoms with Gasteiger partial charge in [0.15, 0.2) is 0 Å². The van der Waals surface area contributed by atoms with E-state index in [9.17, 15) is 4.79 Å². The van der Waals surface area contributed by atoms with Crippen LogP contribution in [-0.2, 0) is 4.74 Å².